The first kappa shape index (κ1) is 25.2. The van der Waals surface area contributed by atoms with Crippen molar-refractivity contribution in [3.8, 4) is 22.8 Å². The fourth-order valence-electron chi connectivity index (χ4n) is 3.50. The van der Waals surface area contributed by atoms with Crippen molar-refractivity contribution in [2.24, 2.45) is 5.10 Å². The van der Waals surface area contributed by atoms with Gasteiger partial charge in [0.05, 0.1) is 32.0 Å². The number of hydrogen-bond donors (Lipinski definition) is 1. The minimum absolute atomic E-state index is 0.0190. The molecule has 1 atom stereocenters. The van der Waals surface area contributed by atoms with Crippen LogP contribution in [-0.4, -0.2) is 46.9 Å². The molecule has 2 aromatic carbocycles. The molecule has 0 aliphatic carbocycles. The van der Waals surface area contributed by atoms with E-state index < -0.39 is 36.1 Å². The predicted octanol–water partition coefficient (Wildman–Crippen LogP) is 5.04. The Hall–Kier alpha value is -3.87. The molecule has 0 spiro atoms. The second-order valence-corrected chi connectivity index (χ2v) is 7.74. The highest BCUT2D eigenvalue weighted by Crippen LogP contribution is 2.44. The van der Waals surface area contributed by atoms with Gasteiger partial charge >= 0.3 is 12.4 Å². The van der Waals surface area contributed by atoms with Crippen LogP contribution in [0.15, 0.2) is 59.7 Å². The summed E-state index contributed by atoms with van der Waals surface area (Å²) < 4.78 is 93.1. The van der Waals surface area contributed by atoms with Crippen LogP contribution in [0.25, 0.3) is 11.3 Å². The van der Waals surface area contributed by atoms with Gasteiger partial charge in [-0.15, -0.1) is 0 Å². The van der Waals surface area contributed by atoms with Crippen molar-refractivity contribution in [1.82, 2.24) is 9.97 Å². The molecule has 13 heteroatoms. The van der Waals surface area contributed by atoms with Gasteiger partial charge in [0, 0.05) is 5.56 Å². The molecule has 1 N–H and O–H groups in total. The molecule has 0 saturated heterocycles. The molecule has 1 aliphatic heterocycles. The molecule has 190 valence electrons. The van der Waals surface area contributed by atoms with Crippen LogP contribution in [0.3, 0.4) is 0 Å². The van der Waals surface area contributed by atoms with Crippen molar-refractivity contribution in [2.45, 2.75) is 24.5 Å². The molecule has 7 nitrogen and oxygen atoms in total. The molecule has 0 bridgehead atoms. The molecule has 1 aromatic heterocycles. The van der Waals surface area contributed by atoms with E-state index in [0.717, 1.165) is 0 Å². The summed E-state index contributed by atoms with van der Waals surface area (Å²) >= 11 is 0. The topological polar surface area (TPSA) is 80.1 Å². The number of aliphatic hydroxyl groups is 1. The van der Waals surface area contributed by atoms with Crippen LogP contribution < -0.4 is 14.5 Å². The van der Waals surface area contributed by atoms with Gasteiger partial charge in [-0.2, -0.15) is 36.5 Å². The number of halogens is 6. The van der Waals surface area contributed by atoms with Crippen LogP contribution in [0.5, 0.6) is 11.5 Å². The fourth-order valence-corrected chi connectivity index (χ4v) is 3.50. The van der Waals surface area contributed by atoms with Gasteiger partial charge in [0.25, 0.3) is 5.72 Å². The number of hydrogen-bond acceptors (Lipinski definition) is 7. The van der Waals surface area contributed by atoms with E-state index >= 15 is 0 Å². The lowest BCUT2D eigenvalue weighted by molar-refractivity contribution is -0.254. The first-order valence-corrected chi connectivity index (χ1v) is 10.3. The number of hydrazone groups is 1. The highest BCUT2D eigenvalue weighted by Gasteiger charge is 2.63. The number of rotatable bonds is 5. The van der Waals surface area contributed by atoms with E-state index in [0.29, 0.717) is 17.6 Å². The standard InChI is InChI=1S/C23H18F6N4O3/c1-35-15-7-3-13(4-8-15)17-11-19(22(24,25)26)31-20(30-17)33-21(34,23(27,28)29)12-18(32-33)14-5-9-16(36-2)10-6-14/h3-11,34H,12H2,1-2H3. The summed E-state index contributed by atoms with van der Waals surface area (Å²) in [6.45, 7) is 0. The summed E-state index contributed by atoms with van der Waals surface area (Å²) in [5.74, 6) is -0.242. The number of nitrogens with zero attached hydrogens (tertiary/aromatic N) is 4. The molecule has 4 rings (SSSR count). The predicted molar refractivity (Wildman–Crippen MR) is 117 cm³/mol. The molecular formula is C23H18F6N4O3. The van der Waals surface area contributed by atoms with Crippen molar-refractivity contribution in [3.63, 3.8) is 0 Å². The van der Waals surface area contributed by atoms with Gasteiger partial charge in [0.2, 0.25) is 5.95 Å². The Balaban J connectivity index is 1.87. The smallest absolute Gasteiger partial charge is 0.438 e. The average molecular weight is 512 g/mol. The van der Waals surface area contributed by atoms with Crippen LogP contribution in [0.1, 0.15) is 17.7 Å². The van der Waals surface area contributed by atoms with Crippen molar-refractivity contribution in [3.05, 3.63) is 65.9 Å². The maximum atomic E-state index is 14.1. The van der Waals surface area contributed by atoms with Crippen LogP contribution in [-0.2, 0) is 6.18 Å². The van der Waals surface area contributed by atoms with Crippen molar-refractivity contribution in [2.75, 3.05) is 19.2 Å². The number of benzene rings is 2. The summed E-state index contributed by atoms with van der Waals surface area (Å²) in [6.07, 6.45) is -11.4. The Morgan fingerprint density at radius 2 is 1.36 bits per heavy atom. The second kappa shape index (κ2) is 8.97. The molecule has 2 heterocycles. The molecule has 3 aromatic rings. The Bertz CT molecular complexity index is 1280. The maximum absolute atomic E-state index is 14.1. The van der Waals surface area contributed by atoms with E-state index in [1.165, 1.54) is 62.8 Å². The molecule has 1 aliphatic rings. The van der Waals surface area contributed by atoms with Gasteiger partial charge in [0.1, 0.15) is 11.5 Å². The Kier molecular flexibility index (Phi) is 6.29. The highest BCUT2D eigenvalue weighted by atomic mass is 19.4. The van der Waals surface area contributed by atoms with Gasteiger partial charge in [0.15, 0.2) is 5.69 Å². The lowest BCUT2D eigenvalue weighted by Gasteiger charge is -2.32. The lowest BCUT2D eigenvalue weighted by atomic mass is 10.0. The van der Waals surface area contributed by atoms with E-state index in [1.54, 1.807) is 0 Å². The van der Waals surface area contributed by atoms with Crippen LogP contribution in [0.2, 0.25) is 0 Å². The molecule has 1 unspecified atom stereocenters. The minimum Gasteiger partial charge on any atom is -0.497 e. The third-order valence-corrected chi connectivity index (χ3v) is 5.44. The molecule has 0 radical (unpaired) electrons. The first-order valence-electron chi connectivity index (χ1n) is 10.3. The van der Waals surface area contributed by atoms with Crippen LogP contribution >= 0.6 is 0 Å². The van der Waals surface area contributed by atoms with Crippen molar-refractivity contribution >= 4 is 11.7 Å². The first-order chi connectivity index (χ1) is 16.9. The Morgan fingerprint density at radius 3 is 1.83 bits per heavy atom. The van der Waals surface area contributed by atoms with E-state index in [4.69, 9.17) is 9.47 Å². The number of ether oxygens (including phenoxy) is 2. The Morgan fingerprint density at radius 1 is 0.833 bits per heavy atom. The highest BCUT2D eigenvalue weighted by molar-refractivity contribution is 6.03. The van der Waals surface area contributed by atoms with Crippen molar-refractivity contribution < 1.29 is 40.9 Å². The summed E-state index contributed by atoms with van der Waals surface area (Å²) in [5.41, 5.74) is -5.40. The zero-order valence-electron chi connectivity index (χ0n) is 18.7. The SMILES string of the molecule is COc1ccc(C2=NN(c3nc(-c4ccc(OC)cc4)cc(C(F)(F)F)n3)C(O)(C(F)(F)F)C2)cc1. The quantitative estimate of drug-likeness (QED) is 0.483. The number of aromatic nitrogens is 2. The largest absolute Gasteiger partial charge is 0.497 e. The van der Waals surface area contributed by atoms with E-state index in [2.05, 4.69) is 15.1 Å². The van der Waals surface area contributed by atoms with Gasteiger partial charge < -0.3 is 14.6 Å². The maximum Gasteiger partial charge on any atom is 0.438 e. The van der Waals surface area contributed by atoms with Crippen molar-refractivity contribution in [1.29, 1.82) is 0 Å². The molecule has 0 amide bonds. The van der Waals surface area contributed by atoms with Crippen LogP contribution in [0, 0.1) is 0 Å². The molecular weight excluding hydrogens is 494 g/mol. The zero-order chi connectivity index (χ0) is 26.3. The lowest BCUT2D eigenvalue weighted by Crippen LogP contribution is -2.55. The fraction of sp³-hybridized carbons (Fsp3) is 0.261. The Labute approximate surface area is 200 Å². The average Bonchev–Trinajstić information content (AvgIpc) is 3.22. The van der Waals surface area contributed by atoms with Crippen LogP contribution in [0.4, 0.5) is 32.3 Å². The zero-order valence-corrected chi connectivity index (χ0v) is 18.7. The second-order valence-electron chi connectivity index (χ2n) is 7.74. The van der Waals surface area contributed by atoms with Gasteiger partial charge in [-0.25, -0.2) is 9.97 Å². The summed E-state index contributed by atoms with van der Waals surface area (Å²) in [5, 5.41) is 14.5. The number of anilines is 1. The molecule has 0 fully saturated rings. The minimum atomic E-state index is -5.32. The van der Waals surface area contributed by atoms with Gasteiger partial charge in [-0.05, 0) is 60.2 Å². The third kappa shape index (κ3) is 4.65. The number of alkyl halides is 6. The monoisotopic (exact) mass is 512 g/mol. The third-order valence-electron chi connectivity index (χ3n) is 5.44. The molecule has 0 saturated carbocycles. The van der Waals surface area contributed by atoms with Gasteiger partial charge in [-0.3, -0.25) is 0 Å². The van der Waals surface area contributed by atoms with E-state index in [9.17, 15) is 31.4 Å². The molecule has 36 heavy (non-hydrogen) atoms. The van der Waals surface area contributed by atoms with E-state index in [-0.39, 0.29) is 27.5 Å². The summed E-state index contributed by atoms with van der Waals surface area (Å²) in [4.78, 5) is 7.19. The summed E-state index contributed by atoms with van der Waals surface area (Å²) in [6, 6.07) is 12.0. The van der Waals surface area contributed by atoms with E-state index in [1.807, 2.05) is 0 Å². The number of methoxy groups -OCH3 is 2. The summed E-state index contributed by atoms with van der Waals surface area (Å²) in [7, 11) is 2.79. The normalized spacial score (nSPS) is 18.2. The van der Waals surface area contributed by atoms with Gasteiger partial charge in [-0.1, -0.05) is 0 Å².